The third-order valence-corrected chi connectivity index (χ3v) is 4.34. The summed E-state index contributed by atoms with van der Waals surface area (Å²) in [5, 5.41) is 7.17. The quantitative estimate of drug-likeness (QED) is 0.461. The molecule has 0 bridgehead atoms. The minimum Gasteiger partial charge on any atom is -0.284 e. The van der Waals surface area contributed by atoms with E-state index in [1.165, 1.54) is 63.4 Å². The molecule has 0 aliphatic carbocycles. The molecule has 1 aromatic rings. The summed E-state index contributed by atoms with van der Waals surface area (Å²) in [5.41, 5.74) is 2.23. The molecule has 0 spiro atoms. The van der Waals surface area contributed by atoms with Crippen molar-refractivity contribution in [3.05, 3.63) is 17.5 Å². The van der Waals surface area contributed by atoms with Crippen molar-refractivity contribution in [1.82, 2.24) is 10.2 Å². The smallest absolute Gasteiger partial charge is 0.138 e. The first kappa shape index (κ1) is 16.8. The van der Waals surface area contributed by atoms with E-state index in [-0.39, 0.29) is 5.41 Å². The highest BCUT2D eigenvalue weighted by atomic mass is 15.1. The molecule has 20 heavy (non-hydrogen) atoms. The van der Waals surface area contributed by atoms with Gasteiger partial charge in [-0.1, -0.05) is 65.7 Å². The molecule has 0 saturated heterocycles. The standard InChI is InChI=1S/C18H30N2/c1-5-8-10-12-14-18(4,13-11-9-6-2)16-15-19-20-17(16)7-3/h3,15H,5-6,8-14H2,1-2,4H3,(H,19,20). The van der Waals surface area contributed by atoms with Gasteiger partial charge in [-0.3, -0.25) is 5.10 Å². The lowest BCUT2D eigenvalue weighted by molar-refractivity contribution is 0.365. The number of nitrogens with zero attached hydrogens (tertiary/aromatic N) is 1. The fourth-order valence-corrected chi connectivity index (χ4v) is 2.96. The zero-order valence-electron chi connectivity index (χ0n) is 13.5. The molecule has 0 aliphatic rings. The highest BCUT2D eigenvalue weighted by Gasteiger charge is 2.29. The summed E-state index contributed by atoms with van der Waals surface area (Å²) in [6.45, 7) is 6.87. The predicted molar refractivity (Wildman–Crippen MR) is 86.8 cm³/mol. The molecule has 0 saturated carbocycles. The van der Waals surface area contributed by atoms with Gasteiger partial charge in [-0.05, 0) is 24.2 Å². The summed E-state index contributed by atoms with van der Waals surface area (Å²) in [5.74, 6) is 2.73. The molecule has 1 aromatic heterocycles. The van der Waals surface area contributed by atoms with E-state index in [0.29, 0.717) is 0 Å². The number of unbranched alkanes of at least 4 members (excludes halogenated alkanes) is 5. The van der Waals surface area contributed by atoms with Gasteiger partial charge in [0.1, 0.15) is 5.69 Å². The van der Waals surface area contributed by atoms with Gasteiger partial charge in [0, 0.05) is 11.8 Å². The third kappa shape index (κ3) is 4.71. The number of hydrogen-bond acceptors (Lipinski definition) is 1. The van der Waals surface area contributed by atoms with Gasteiger partial charge in [0.15, 0.2) is 0 Å². The van der Waals surface area contributed by atoms with Gasteiger partial charge in [0.05, 0.1) is 0 Å². The number of aromatic amines is 1. The fraction of sp³-hybridized carbons (Fsp3) is 0.722. The average molecular weight is 274 g/mol. The summed E-state index contributed by atoms with van der Waals surface area (Å²) < 4.78 is 0. The Balaban J connectivity index is 2.75. The van der Waals surface area contributed by atoms with Gasteiger partial charge < -0.3 is 0 Å². The first-order chi connectivity index (χ1) is 9.68. The maximum atomic E-state index is 5.59. The molecule has 0 radical (unpaired) electrons. The van der Waals surface area contributed by atoms with E-state index in [0.717, 1.165) is 5.69 Å². The van der Waals surface area contributed by atoms with E-state index in [4.69, 9.17) is 6.42 Å². The Morgan fingerprint density at radius 1 is 1.10 bits per heavy atom. The first-order valence-electron chi connectivity index (χ1n) is 8.18. The molecular weight excluding hydrogens is 244 g/mol. The highest BCUT2D eigenvalue weighted by Crippen LogP contribution is 2.36. The van der Waals surface area contributed by atoms with Crippen LogP contribution in [0.15, 0.2) is 6.20 Å². The Hall–Kier alpha value is -1.23. The Bertz CT molecular complexity index is 413. The fourth-order valence-electron chi connectivity index (χ4n) is 2.96. The van der Waals surface area contributed by atoms with Crippen LogP contribution in [0.3, 0.4) is 0 Å². The summed E-state index contributed by atoms with van der Waals surface area (Å²) in [4.78, 5) is 0. The average Bonchev–Trinajstić information content (AvgIpc) is 2.93. The maximum absolute atomic E-state index is 5.59. The lowest BCUT2D eigenvalue weighted by atomic mass is 9.74. The van der Waals surface area contributed by atoms with Crippen LogP contribution in [-0.2, 0) is 5.41 Å². The van der Waals surface area contributed by atoms with Crippen LogP contribution in [0.5, 0.6) is 0 Å². The Labute approximate surface area is 124 Å². The summed E-state index contributed by atoms with van der Waals surface area (Å²) in [7, 11) is 0. The van der Waals surface area contributed by atoms with Gasteiger partial charge in [0.2, 0.25) is 0 Å². The van der Waals surface area contributed by atoms with Crippen LogP contribution >= 0.6 is 0 Å². The summed E-state index contributed by atoms with van der Waals surface area (Å²) in [6.07, 6.45) is 19.1. The number of rotatable bonds is 10. The van der Waals surface area contributed by atoms with Crippen molar-refractivity contribution in [3.8, 4) is 12.3 Å². The van der Waals surface area contributed by atoms with Crippen molar-refractivity contribution in [2.75, 3.05) is 0 Å². The van der Waals surface area contributed by atoms with Crippen LogP contribution in [0.1, 0.15) is 89.8 Å². The number of aromatic nitrogens is 2. The van der Waals surface area contributed by atoms with Crippen molar-refractivity contribution in [2.24, 2.45) is 0 Å². The van der Waals surface area contributed by atoms with Crippen LogP contribution in [0.25, 0.3) is 0 Å². The van der Waals surface area contributed by atoms with Crippen LogP contribution in [0, 0.1) is 12.3 Å². The summed E-state index contributed by atoms with van der Waals surface area (Å²) in [6, 6.07) is 0. The normalized spacial score (nSPS) is 13.9. The lowest BCUT2D eigenvalue weighted by Gasteiger charge is -2.29. The van der Waals surface area contributed by atoms with Gasteiger partial charge in [0.25, 0.3) is 0 Å². The predicted octanol–water partition coefficient (Wildman–Crippen LogP) is 5.20. The van der Waals surface area contributed by atoms with Gasteiger partial charge in [-0.2, -0.15) is 5.10 Å². The van der Waals surface area contributed by atoms with Crippen molar-refractivity contribution in [1.29, 1.82) is 0 Å². The van der Waals surface area contributed by atoms with Crippen LogP contribution in [-0.4, -0.2) is 10.2 Å². The largest absolute Gasteiger partial charge is 0.284 e. The molecule has 1 atom stereocenters. The monoisotopic (exact) mass is 274 g/mol. The molecule has 2 heteroatoms. The number of H-pyrrole nitrogens is 1. The van der Waals surface area contributed by atoms with Crippen LogP contribution < -0.4 is 0 Å². The molecule has 0 aromatic carbocycles. The molecule has 1 N–H and O–H groups in total. The molecule has 2 nitrogen and oxygen atoms in total. The minimum absolute atomic E-state index is 0.178. The van der Waals surface area contributed by atoms with E-state index in [2.05, 4.69) is 36.9 Å². The third-order valence-electron chi connectivity index (χ3n) is 4.34. The SMILES string of the molecule is C#Cc1n[nH]cc1C(C)(CCCCC)CCCCCC. The minimum atomic E-state index is 0.178. The molecule has 1 heterocycles. The second kappa shape index (κ2) is 8.84. The van der Waals surface area contributed by atoms with Crippen LogP contribution in [0.2, 0.25) is 0 Å². The second-order valence-corrected chi connectivity index (χ2v) is 6.12. The number of hydrogen-bond donors (Lipinski definition) is 1. The second-order valence-electron chi connectivity index (χ2n) is 6.12. The molecule has 0 amide bonds. The molecule has 1 rings (SSSR count). The zero-order valence-corrected chi connectivity index (χ0v) is 13.5. The van der Waals surface area contributed by atoms with E-state index in [1.54, 1.807) is 0 Å². The Kier molecular flexibility index (Phi) is 7.44. The van der Waals surface area contributed by atoms with E-state index in [9.17, 15) is 0 Å². The Morgan fingerprint density at radius 3 is 2.30 bits per heavy atom. The summed E-state index contributed by atoms with van der Waals surface area (Å²) >= 11 is 0. The highest BCUT2D eigenvalue weighted by molar-refractivity contribution is 5.37. The van der Waals surface area contributed by atoms with Crippen molar-refractivity contribution < 1.29 is 0 Å². The van der Waals surface area contributed by atoms with Crippen LogP contribution in [0.4, 0.5) is 0 Å². The topological polar surface area (TPSA) is 28.7 Å². The maximum Gasteiger partial charge on any atom is 0.138 e. The first-order valence-corrected chi connectivity index (χ1v) is 8.18. The molecule has 1 unspecified atom stereocenters. The van der Waals surface area contributed by atoms with Crippen molar-refractivity contribution in [3.63, 3.8) is 0 Å². The van der Waals surface area contributed by atoms with E-state index in [1.807, 2.05) is 6.20 Å². The van der Waals surface area contributed by atoms with Gasteiger partial charge in [-0.25, -0.2) is 0 Å². The number of terminal acetylenes is 1. The van der Waals surface area contributed by atoms with E-state index < -0.39 is 0 Å². The van der Waals surface area contributed by atoms with E-state index >= 15 is 0 Å². The van der Waals surface area contributed by atoms with Gasteiger partial charge >= 0.3 is 0 Å². The molecule has 0 fully saturated rings. The number of nitrogens with one attached hydrogen (secondary N) is 1. The molecule has 112 valence electrons. The molecular formula is C18H30N2. The van der Waals surface area contributed by atoms with Gasteiger partial charge in [-0.15, -0.1) is 6.42 Å². The Morgan fingerprint density at radius 2 is 1.70 bits per heavy atom. The zero-order chi connectivity index (χ0) is 14.8. The van der Waals surface area contributed by atoms with Crippen molar-refractivity contribution >= 4 is 0 Å². The lowest BCUT2D eigenvalue weighted by Crippen LogP contribution is -2.22. The molecule has 0 aliphatic heterocycles. The van der Waals surface area contributed by atoms with Crippen molar-refractivity contribution in [2.45, 2.75) is 84.0 Å².